The average Bonchev–Trinajstić information content (AvgIpc) is 2.53. The Morgan fingerprint density at radius 1 is 1.17 bits per heavy atom. The molecule has 0 atom stereocenters. The smallest absolute Gasteiger partial charge is 0.253 e. The largest absolute Gasteiger partial charge is 0.379 e. The Hall–Kier alpha value is -1.44. The van der Waals surface area contributed by atoms with Crippen molar-refractivity contribution in [1.29, 1.82) is 0 Å². The van der Waals surface area contributed by atoms with Crippen LogP contribution >= 0.6 is 0 Å². The first-order chi connectivity index (χ1) is 11.1. The van der Waals surface area contributed by atoms with Crippen molar-refractivity contribution in [1.82, 2.24) is 9.21 Å². The van der Waals surface area contributed by atoms with E-state index in [1.54, 1.807) is 24.1 Å². The van der Waals surface area contributed by atoms with E-state index in [1.165, 1.54) is 16.4 Å². The summed E-state index contributed by atoms with van der Waals surface area (Å²) < 4.78 is 31.7. The van der Waals surface area contributed by atoms with E-state index in [1.807, 2.05) is 0 Å². The maximum atomic E-state index is 12.6. The van der Waals surface area contributed by atoms with Crippen molar-refractivity contribution >= 4 is 15.9 Å². The number of benzene rings is 1. The summed E-state index contributed by atoms with van der Waals surface area (Å²) in [4.78, 5) is 14.3. The maximum Gasteiger partial charge on any atom is 0.253 e. The van der Waals surface area contributed by atoms with Gasteiger partial charge in [0.1, 0.15) is 0 Å². The van der Waals surface area contributed by atoms with E-state index in [9.17, 15) is 13.2 Å². The lowest BCUT2D eigenvalue weighted by Crippen LogP contribution is -2.40. The van der Waals surface area contributed by atoms with Gasteiger partial charge in [0.05, 0.1) is 18.1 Å². The topological polar surface area (TPSA) is 66.9 Å². The molecule has 1 aromatic rings. The number of carbonyl (C=O) groups excluding carboxylic acids is 1. The molecule has 1 heterocycles. The molecule has 1 aromatic carbocycles. The summed E-state index contributed by atoms with van der Waals surface area (Å²) in [5, 5.41) is 0. The summed E-state index contributed by atoms with van der Waals surface area (Å²) in [7, 11) is -1.77. The van der Waals surface area contributed by atoms with Gasteiger partial charge in [-0.25, -0.2) is 8.42 Å². The average molecular weight is 354 g/mol. The third kappa shape index (κ3) is 4.55. The number of hydrogen-bond donors (Lipinski definition) is 0. The Morgan fingerprint density at radius 3 is 2.21 bits per heavy atom. The van der Waals surface area contributed by atoms with Gasteiger partial charge in [0.15, 0.2) is 0 Å². The number of sulfonamides is 1. The van der Waals surface area contributed by atoms with Gasteiger partial charge in [0.25, 0.3) is 5.91 Å². The van der Waals surface area contributed by atoms with Crippen molar-refractivity contribution in [3.05, 3.63) is 29.8 Å². The molecule has 0 N–H and O–H groups in total. The first-order valence-electron chi connectivity index (χ1n) is 8.05. The molecule has 0 spiro atoms. The van der Waals surface area contributed by atoms with Gasteiger partial charge in [0, 0.05) is 32.2 Å². The zero-order chi connectivity index (χ0) is 18.0. The fraction of sp³-hybridized carbons (Fsp3) is 0.588. The van der Waals surface area contributed by atoms with Crippen LogP contribution < -0.4 is 0 Å². The quantitative estimate of drug-likeness (QED) is 0.827. The highest BCUT2D eigenvalue weighted by Crippen LogP contribution is 2.19. The SMILES string of the molecule is CN(CC(C)(C)C)C(=O)c1ccc(S(=O)(=O)N2CCOCC2)cc1. The molecule has 0 radical (unpaired) electrons. The molecule has 0 aliphatic carbocycles. The molecule has 6 nitrogen and oxygen atoms in total. The number of ether oxygens (including phenoxy) is 1. The molecule has 2 rings (SSSR count). The molecule has 7 heteroatoms. The Balaban J connectivity index is 2.14. The molecule has 1 aliphatic rings. The van der Waals surface area contributed by atoms with Crippen LogP contribution in [0, 0.1) is 5.41 Å². The lowest BCUT2D eigenvalue weighted by atomic mass is 9.96. The summed E-state index contributed by atoms with van der Waals surface area (Å²) >= 11 is 0. The lowest BCUT2D eigenvalue weighted by molar-refractivity contribution is 0.0730. The van der Waals surface area contributed by atoms with Crippen molar-refractivity contribution in [2.24, 2.45) is 5.41 Å². The highest BCUT2D eigenvalue weighted by atomic mass is 32.2. The zero-order valence-electron chi connectivity index (χ0n) is 14.8. The normalized spacial score (nSPS) is 16.8. The second-order valence-electron chi connectivity index (χ2n) is 7.26. The van der Waals surface area contributed by atoms with E-state index >= 15 is 0 Å². The van der Waals surface area contributed by atoms with Crippen LogP contribution in [-0.2, 0) is 14.8 Å². The molecule has 0 aromatic heterocycles. The molecule has 1 saturated heterocycles. The molecule has 0 bridgehead atoms. The van der Waals surface area contributed by atoms with Crippen LogP contribution in [0.15, 0.2) is 29.2 Å². The number of morpholine rings is 1. The first-order valence-corrected chi connectivity index (χ1v) is 9.49. The molecule has 1 aliphatic heterocycles. The molecular weight excluding hydrogens is 328 g/mol. The van der Waals surface area contributed by atoms with Crippen LogP contribution in [0.25, 0.3) is 0 Å². The van der Waals surface area contributed by atoms with Gasteiger partial charge in [-0.15, -0.1) is 0 Å². The summed E-state index contributed by atoms with van der Waals surface area (Å²) in [6, 6.07) is 6.16. The third-order valence-electron chi connectivity index (χ3n) is 3.77. The van der Waals surface area contributed by atoms with Gasteiger partial charge < -0.3 is 9.64 Å². The van der Waals surface area contributed by atoms with E-state index in [0.717, 1.165) is 0 Å². The lowest BCUT2D eigenvalue weighted by Gasteiger charge is -2.27. The van der Waals surface area contributed by atoms with Crippen LogP contribution in [0.1, 0.15) is 31.1 Å². The van der Waals surface area contributed by atoms with Crippen LogP contribution in [0.4, 0.5) is 0 Å². The van der Waals surface area contributed by atoms with Crippen LogP contribution in [0.3, 0.4) is 0 Å². The van der Waals surface area contributed by atoms with Gasteiger partial charge in [-0.2, -0.15) is 4.31 Å². The summed E-state index contributed by atoms with van der Waals surface area (Å²) in [5.41, 5.74) is 0.493. The van der Waals surface area contributed by atoms with E-state index in [4.69, 9.17) is 4.74 Å². The second kappa shape index (κ2) is 7.21. The predicted molar refractivity (Wildman–Crippen MR) is 92.4 cm³/mol. The summed E-state index contributed by atoms with van der Waals surface area (Å²) in [6.45, 7) is 8.35. The molecule has 1 amide bonds. The number of rotatable bonds is 4. The third-order valence-corrected chi connectivity index (χ3v) is 5.68. The highest BCUT2D eigenvalue weighted by molar-refractivity contribution is 7.89. The van der Waals surface area contributed by atoms with Crippen molar-refractivity contribution in [2.45, 2.75) is 25.7 Å². The minimum Gasteiger partial charge on any atom is -0.379 e. The van der Waals surface area contributed by atoms with E-state index in [-0.39, 0.29) is 16.2 Å². The fourth-order valence-corrected chi connectivity index (χ4v) is 4.12. The van der Waals surface area contributed by atoms with E-state index in [2.05, 4.69) is 20.8 Å². The molecule has 134 valence electrons. The van der Waals surface area contributed by atoms with Crippen molar-refractivity contribution in [3.63, 3.8) is 0 Å². The Kier molecular flexibility index (Phi) is 5.67. The molecule has 24 heavy (non-hydrogen) atoms. The van der Waals surface area contributed by atoms with Crippen LogP contribution in [0.5, 0.6) is 0 Å². The van der Waals surface area contributed by atoms with Gasteiger partial charge in [0.2, 0.25) is 10.0 Å². The first kappa shape index (κ1) is 18.9. The second-order valence-corrected chi connectivity index (χ2v) is 9.20. The summed E-state index contributed by atoms with van der Waals surface area (Å²) in [6.07, 6.45) is 0. The molecule has 0 unspecified atom stereocenters. The fourth-order valence-electron chi connectivity index (χ4n) is 2.71. The van der Waals surface area contributed by atoms with Gasteiger partial charge in [-0.1, -0.05) is 20.8 Å². The Morgan fingerprint density at radius 2 is 1.71 bits per heavy atom. The van der Waals surface area contributed by atoms with Crippen molar-refractivity contribution in [2.75, 3.05) is 39.9 Å². The Labute approximate surface area is 144 Å². The minimum atomic E-state index is -3.53. The highest BCUT2D eigenvalue weighted by Gasteiger charge is 2.26. The van der Waals surface area contributed by atoms with E-state index < -0.39 is 10.0 Å². The van der Waals surface area contributed by atoms with Crippen molar-refractivity contribution < 1.29 is 17.9 Å². The predicted octanol–water partition coefficient (Wildman–Crippen LogP) is 1.83. The van der Waals surface area contributed by atoms with Crippen LogP contribution in [0.2, 0.25) is 0 Å². The van der Waals surface area contributed by atoms with Gasteiger partial charge in [-0.3, -0.25) is 4.79 Å². The van der Waals surface area contributed by atoms with Gasteiger partial charge in [-0.05, 0) is 29.7 Å². The maximum absolute atomic E-state index is 12.6. The number of amides is 1. The summed E-state index contributed by atoms with van der Waals surface area (Å²) in [5.74, 6) is -0.111. The number of carbonyl (C=O) groups is 1. The molecule has 1 fully saturated rings. The zero-order valence-corrected chi connectivity index (χ0v) is 15.6. The van der Waals surface area contributed by atoms with Crippen LogP contribution in [-0.4, -0.2) is 63.4 Å². The van der Waals surface area contributed by atoms with Crippen molar-refractivity contribution in [3.8, 4) is 0 Å². The minimum absolute atomic E-state index is 0.00399. The molecular formula is C17H26N2O4S. The number of hydrogen-bond acceptors (Lipinski definition) is 4. The Bertz CT molecular complexity index is 672. The monoisotopic (exact) mass is 354 g/mol. The molecule has 0 saturated carbocycles. The number of nitrogens with zero attached hydrogens (tertiary/aromatic N) is 2. The van der Waals surface area contributed by atoms with Gasteiger partial charge >= 0.3 is 0 Å². The van der Waals surface area contributed by atoms with E-state index in [0.29, 0.717) is 38.4 Å². The standard InChI is InChI=1S/C17H26N2O4S/c1-17(2,3)13-18(4)16(20)14-5-7-15(8-6-14)24(21,22)19-9-11-23-12-10-19/h5-8H,9-13H2,1-4H3.